The summed E-state index contributed by atoms with van der Waals surface area (Å²) in [4.78, 5) is 14.6. The summed E-state index contributed by atoms with van der Waals surface area (Å²) in [6.45, 7) is 6.64. The maximum absolute atomic E-state index is 12.7. The summed E-state index contributed by atoms with van der Waals surface area (Å²) in [5.74, 6) is 0.871. The monoisotopic (exact) mass is 347 g/mol. The molecule has 1 atom stereocenters. The molecule has 5 nitrogen and oxygen atoms in total. The molecule has 1 aliphatic heterocycles. The van der Waals surface area contributed by atoms with Crippen LogP contribution in [0.4, 0.5) is 10.5 Å². The van der Waals surface area contributed by atoms with Crippen LogP contribution in [0.15, 0.2) is 22.7 Å². The molecule has 2 aromatic rings. The Balaban J connectivity index is 1.81. The molecule has 0 radical (unpaired) electrons. The summed E-state index contributed by atoms with van der Waals surface area (Å²) in [6, 6.07) is 5.46. The average molecular weight is 348 g/mol. The summed E-state index contributed by atoms with van der Waals surface area (Å²) in [5.41, 5.74) is 3.63. The summed E-state index contributed by atoms with van der Waals surface area (Å²) in [7, 11) is 0. The van der Waals surface area contributed by atoms with Crippen LogP contribution in [0.3, 0.4) is 0 Å². The molecule has 2 heterocycles. The highest BCUT2D eigenvalue weighted by Gasteiger charge is 2.34. The molecule has 0 bridgehead atoms. The molecule has 0 spiro atoms. The third kappa shape index (κ3) is 3.13. The third-order valence-corrected chi connectivity index (χ3v) is 4.98. The number of nitrogens with one attached hydrogen (secondary N) is 1. The van der Waals surface area contributed by atoms with Crippen LogP contribution in [0.25, 0.3) is 0 Å². The van der Waals surface area contributed by atoms with Gasteiger partial charge in [0.15, 0.2) is 0 Å². The molecule has 2 amide bonds. The summed E-state index contributed by atoms with van der Waals surface area (Å²) in [6.07, 6.45) is 2.67. The Hall–Kier alpha value is -2.01. The zero-order chi connectivity index (χ0) is 17.3. The van der Waals surface area contributed by atoms with Crippen molar-refractivity contribution >= 4 is 23.3 Å². The fourth-order valence-corrected chi connectivity index (χ4v) is 3.46. The molecule has 0 aliphatic carbocycles. The lowest BCUT2D eigenvalue weighted by molar-refractivity contribution is 0.206. The second-order valence-corrected chi connectivity index (χ2v) is 6.61. The van der Waals surface area contributed by atoms with E-state index in [0.717, 1.165) is 48.4 Å². The molecule has 6 heteroatoms. The minimum absolute atomic E-state index is 0.0205. The lowest BCUT2D eigenvalue weighted by Gasteiger charge is -2.25. The van der Waals surface area contributed by atoms with E-state index in [9.17, 15) is 4.79 Å². The van der Waals surface area contributed by atoms with Gasteiger partial charge >= 0.3 is 6.03 Å². The first-order valence-corrected chi connectivity index (χ1v) is 8.68. The SMILES string of the molecule is CCc1onc(C)c1C1CCCN1C(=O)Nc1ccc(C)c(Cl)c1. The lowest BCUT2D eigenvalue weighted by Crippen LogP contribution is -2.34. The van der Waals surface area contributed by atoms with Crippen LogP contribution >= 0.6 is 11.6 Å². The van der Waals surface area contributed by atoms with Gasteiger partial charge < -0.3 is 14.7 Å². The third-order valence-electron chi connectivity index (χ3n) is 4.57. The molecular formula is C18H22ClN3O2. The van der Waals surface area contributed by atoms with Crippen molar-refractivity contribution in [1.29, 1.82) is 0 Å². The number of carbonyl (C=O) groups excluding carboxylic acids is 1. The van der Waals surface area contributed by atoms with E-state index in [0.29, 0.717) is 10.7 Å². The second-order valence-electron chi connectivity index (χ2n) is 6.20. The Labute approximate surface area is 147 Å². The van der Waals surface area contributed by atoms with Gasteiger partial charge in [0.25, 0.3) is 0 Å². The Morgan fingerprint density at radius 1 is 1.46 bits per heavy atom. The minimum atomic E-state index is -0.111. The van der Waals surface area contributed by atoms with Crippen molar-refractivity contribution in [2.45, 2.75) is 46.1 Å². The summed E-state index contributed by atoms with van der Waals surface area (Å²) in [5, 5.41) is 7.68. The summed E-state index contributed by atoms with van der Waals surface area (Å²) >= 11 is 6.14. The highest BCUT2D eigenvalue weighted by Crippen LogP contribution is 2.36. The van der Waals surface area contributed by atoms with Gasteiger partial charge in [-0.05, 0) is 44.4 Å². The standard InChI is InChI=1S/C18H22ClN3O2/c1-4-16-17(12(3)21-24-16)15-6-5-9-22(15)18(23)20-13-8-7-11(2)14(19)10-13/h7-8,10,15H,4-6,9H2,1-3H3,(H,20,23). The van der Waals surface area contributed by atoms with Gasteiger partial charge in [-0.2, -0.15) is 0 Å². The Kier molecular flexibility index (Phi) is 4.81. The van der Waals surface area contributed by atoms with Gasteiger partial charge in [0, 0.05) is 29.2 Å². The zero-order valence-corrected chi connectivity index (χ0v) is 15.0. The van der Waals surface area contributed by atoms with Gasteiger partial charge in [0.05, 0.1) is 11.7 Å². The van der Waals surface area contributed by atoms with Crippen LogP contribution in [0.1, 0.15) is 48.4 Å². The normalized spacial score (nSPS) is 17.3. The number of aryl methyl sites for hydroxylation is 3. The first-order chi connectivity index (χ1) is 11.5. The molecule has 1 aliphatic rings. The molecule has 24 heavy (non-hydrogen) atoms. The van der Waals surface area contributed by atoms with E-state index in [1.165, 1.54) is 0 Å². The van der Waals surface area contributed by atoms with Crippen LogP contribution in [0.5, 0.6) is 0 Å². The maximum atomic E-state index is 12.7. The van der Waals surface area contributed by atoms with E-state index in [1.54, 1.807) is 6.07 Å². The summed E-state index contributed by atoms with van der Waals surface area (Å²) < 4.78 is 5.41. The molecule has 1 unspecified atom stereocenters. The maximum Gasteiger partial charge on any atom is 0.322 e. The molecule has 1 saturated heterocycles. The van der Waals surface area contributed by atoms with Gasteiger partial charge in [0.2, 0.25) is 0 Å². The van der Waals surface area contributed by atoms with Crippen molar-refractivity contribution in [3.05, 3.63) is 45.8 Å². The predicted octanol–water partition coefficient (Wildman–Crippen LogP) is 4.88. The number of urea groups is 1. The predicted molar refractivity (Wildman–Crippen MR) is 94.5 cm³/mol. The topological polar surface area (TPSA) is 58.4 Å². The molecule has 1 N–H and O–H groups in total. The van der Waals surface area contributed by atoms with Crippen molar-refractivity contribution in [2.24, 2.45) is 0 Å². The smallest absolute Gasteiger partial charge is 0.322 e. The molecule has 0 saturated carbocycles. The van der Waals surface area contributed by atoms with E-state index in [4.69, 9.17) is 16.1 Å². The first-order valence-electron chi connectivity index (χ1n) is 8.30. The van der Waals surface area contributed by atoms with E-state index in [2.05, 4.69) is 10.5 Å². The quantitative estimate of drug-likeness (QED) is 0.861. The Bertz CT molecular complexity index is 757. The second kappa shape index (κ2) is 6.85. The molecule has 1 aromatic heterocycles. The van der Waals surface area contributed by atoms with E-state index in [1.807, 2.05) is 37.8 Å². The number of hydrogen-bond acceptors (Lipinski definition) is 3. The highest BCUT2D eigenvalue weighted by molar-refractivity contribution is 6.31. The molecule has 3 rings (SSSR count). The zero-order valence-electron chi connectivity index (χ0n) is 14.2. The van der Waals surface area contributed by atoms with Crippen molar-refractivity contribution in [2.75, 3.05) is 11.9 Å². The van der Waals surface area contributed by atoms with E-state index in [-0.39, 0.29) is 12.1 Å². The number of nitrogens with zero attached hydrogens (tertiary/aromatic N) is 2. The van der Waals surface area contributed by atoms with Gasteiger partial charge in [0.1, 0.15) is 5.76 Å². The Morgan fingerprint density at radius 3 is 2.96 bits per heavy atom. The van der Waals surface area contributed by atoms with Crippen LogP contribution in [-0.4, -0.2) is 22.6 Å². The van der Waals surface area contributed by atoms with Crippen LogP contribution in [0, 0.1) is 13.8 Å². The van der Waals surface area contributed by atoms with E-state index >= 15 is 0 Å². The minimum Gasteiger partial charge on any atom is -0.361 e. The number of benzene rings is 1. The van der Waals surface area contributed by atoms with Gasteiger partial charge in [-0.15, -0.1) is 0 Å². The average Bonchev–Trinajstić information content (AvgIpc) is 3.16. The van der Waals surface area contributed by atoms with Crippen molar-refractivity contribution in [3.8, 4) is 0 Å². The largest absolute Gasteiger partial charge is 0.361 e. The molecule has 1 fully saturated rings. The number of rotatable bonds is 3. The van der Waals surface area contributed by atoms with Crippen LogP contribution in [-0.2, 0) is 6.42 Å². The lowest BCUT2D eigenvalue weighted by atomic mass is 10.0. The van der Waals surface area contributed by atoms with Gasteiger partial charge in [-0.3, -0.25) is 0 Å². The first kappa shape index (κ1) is 16.8. The number of likely N-dealkylation sites (tertiary alicyclic amines) is 1. The number of halogens is 1. The van der Waals surface area contributed by atoms with Crippen LogP contribution < -0.4 is 5.32 Å². The number of aromatic nitrogens is 1. The van der Waals surface area contributed by atoms with E-state index < -0.39 is 0 Å². The molecular weight excluding hydrogens is 326 g/mol. The molecule has 128 valence electrons. The van der Waals surface area contributed by atoms with Gasteiger partial charge in [-0.25, -0.2) is 4.79 Å². The number of amides is 2. The van der Waals surface area contributed by atoms with Crippen molar-refractivity contribution < 1.29 is 9.32 Å². The van der Waals surface area contributed by atoms with Crippen LogP contribution in [0.2, 0.25) is 5.02 Å². The van der Waals surface area contributed by atoms with Crippen molar-refractivity contribution in [3.63, 3.8) is 0 Å². The van der Waals surface area contributed by atoms with Crippen molar-refractivity contribution in [1.82, 2.24) is 10.1 Å². The fraction of sp³-hybridized carbons (Fsp3) is 0.444. The fourth-order valence-electron chi connectivity index (χ4n) is 3.28. The number of anilines is 1. The number of hydrogen-bond donors (Lipinski definition) is 1. The highest BCUT2D eigenvalue weighted by atomic mass is 35.5. The number of carbonyl (C=O) groups is 1. The molecule has 1 aromatic carbocycles. The van der Waals surface area contributed by atoms with Gasteiger partial charge in [-0.1, -0.05) is 29.7 Å². The Morgan fingerprint density at radius 2 is 2.25 bits per heavy atom.